The maximum absolute atomic E-state index is 10.8. The van der Waals surface area contributed by atoms with Gasteiger partial charge in [-0.3, -0.25) is 4.79 Å². The van der Waals surface area contributed by atoms with Gasteiger partial charge in [0.25, 0.3) is 0 Å². The molecular formula is C19H23NO2S. The van der Waals surface area contributed by atoms with Gasteiger partial charge in [-0.05, 0) is 48.2 Å². The number of rotatable bonds is 5. The zero-order valence-electron chi connectivity index (χ0n) is 13.6. The summed E-state index contributed by atoms with van der Waals surface area (Å²) >= 11 is 1.76. The summed E-state index contributed by atoms with van der Waals surface area (Å²) in [6, 6.07) is 16.8. The minimum absolute atomic E-state index is 0.00303. The predicted octanol–water partition coefficient (Wildman–Crippen LogP) is 4.35. The van der Waals surface area contributed by atoms with Gasteiger partial charge in [-0.25, -0.2) is 0 Å². The Labute approximate surface area is 142 Å². The van der Waals surface area contributed by atoms with Crippen LogP contribution < -0.4 is 5.73 Å². The minimum Gasteiger partial charge on any atom is -0.368 e. The smallest absolute Gasteiger partial charge is 0.243 e. The summed E-state index contributed by atoms with van der Waals surface area (Å²) in [5.41, 5.74) is 7.63. The van der Waals surface area contributed by atoms with Crippen molar-refractivity contribution in [2.45, 2.75) is 42.6 Å². The van der Waals surface area contributed by atoms with Crippen LogP contribution in [0.3, 0.4) is 0 Å². The van der Waals surface area contributed by atoms with E-state index in [0.717, 1.165) is 12.8 Å². The molecule has 0 spiro atoms. The van der Waals surface area contributed by atoms with Crippen LogP contribution in [0.4, 0.5) is 0 Å². The van der Waals surface area contributed by atoms with Crippen molar-refractivity contribution < 1.29 is 9.53 Å². The van der Waals surface area contributed by atoms with Gasteiger partial charge in [-0.2, -0.15) is 0 Å². The molecule has 1 amide bonds. The van der Waals surface area contributed by atoms with E-state index in [0.29, 0.717) is 0 Å². The second-order valence-electron chi connectivity index (χ2n) is 5.08. The number of fused-ring (bicyclic) bond motifs is 1. The van der Waals surface area contributed by atoms with Crippen LogP contribution in [0.2, 0.25) is 0 Å². The van der Waals surface area contributed by atoms with E-state index in [4.69, 9.17) is 10.5 Å². The molecule has 1 aliphatic carbocycles. The number of carbonyl (C=O) groups is 1. The highest BCUT2D eigenvalue weighted by Gasteiger charge is 2.23. The van der Waals surface area contributed by atoms with Crippen molar-refractivity contribution in [3.05, 3.63) is 59.7 Å². The fourth-order valence-corrected chi connectivity index (χ4v) is 3.50. The van der Waals surface area contributed by atoms with Crippen LogP contribution >= 0.6 is 11.8 Å². The standard InChI is InChI=1S/C17H17NO2S.C2H6/c18-17(19)11-20-16-9-6-12-10-14(7-8-15(12)16)21-13-4-2-1-3-5-13;1-2/h1-5,7-8,10,16H,6,9,11H2,(H2,18,19);1-2H3. The highest BCUT2D eigenvalue weighted by molar-refractivity contribution is 7.99. The fraction of sp³-hybridized carbons (Fsp3) is 0.316. The zero-order chi connectivity index (χ0) is 16.7. The number of hydrogen-bond acceptors (Lipinski definition) is 3. The molecule has 0 aromatic heterocycles. The summed E-state index contributed by atoms with van der Waals surface area (Å²) in [7, 11) is 0. The van der Waals surface area contributed by atoms with Gasteiger partial charge in [0.05, 0.1) is 6.10 Å². The molecule has 2 aromatic rings. The summed E-state index contributed by atoms with van der Waals surface area (Å²) in [6.07, 6.45) is 1.91. The molecular weight excluding hydrogens is 306 g/mol. The van der Waals surface area contributed by atoms with Crippen LogP contribution in [-0.4, -0.2) is 12.5 Å². The van der Waals surface area contributed by atoms with Gasteiger partial charge in [0, 0.05) is 9.79 Å². The average Bonchev–Trinajstić information content (AvgIpc) is 2.98. The number of benzene rings is 2. The van der Waals surface area contributed by atoms with Crippen molar-refractivity contribution in [3.8, 4) is 0 Å². The molecule has 0 fully saturated rings. The Bertz CT molecular complexity index is 643. The van der Waals surface area contributed by atoms with Gasteiger partial charge < -0.3 is 10.5 Å². The molecule has 23 heavy (non-hydrogen) atoms. The number of hydrogen-bond donors (Lipinski definition) is 1. The van der Waals surface area contributed by atoms with E-state index in [1.807, 2.05) is 32.0 Å². The van der Waals surface area contributed by atoms with E-state index >= 15 is 0 Å². The van der Waals surface area contributed by atoms with Crippen LogP contribution in [0.5, 0.6) is 0 Å². The summed E-state index contributed by atoms with van der Waals surface area (Å²) in [6.45, 7) is 3.99. The SMILES string of the molecule is CC.NC(=O)COC1CCc2cc(Sc3ccccc3)ccc21. The van der Waals surface area contributed by atoms with Crippen molar-refractivity contribution in [2.75, 3.05) is 6.61 Å². The van der Waals surface area contributed by atoms with Gasteiger partial charge in [-0.1, -0.05) is 49.9 Å². The van der Waals surface area contributed by atoms with E-state index in [1.165, 1.54) is 20.9 Å². The van der Waals surface area contributed by atoms with E-state index in [-0.39, 0.29) is 12.7 Å². The molecule has 3 nitrogen and oxygen atoms in total. The van der Waals surface area contributed by atoms with E-state index in [9.17, 15) is 4.79 Å². The molecule has 0 radical (unpaired) electrons. The third kappa shape index (κ3) is 4.85. The van der Waals surface area contributed by atoms with Gasteiger partial charge in [0.1, 0.15) is 6.61 Å². The molecule has 1 atom stereocenters. The molecule has 3 rings (SSSR count). The molecule has 1 unspecified atom stereocenters. The van der Waals surface area contributed by atoms with Crippen molar-refractivity contribution in [2.24, 2.45) is 5.73 Å². The summed E-state index contributed by atoms with van der Waals surface area (Å²) < 4.78 is 5.57. The molecule has 0 heterocycles. The topological polar surface area (TPSA) is 52.3 Å². The molecule has 122 valence electrons. The molecule has 2 aromatic carbocycles. The first-order valence-electron chi connectivity index (χ1n) is 7.98. The molecule has 4 heteroatoms. The van der Waals surface area contributed by atoms with Gasteiger partial charge in [-0.15, -0.1) is 0 Å². The molecule has 0 aliphatic heterocycles. The minimum atomic E-state index is -0.417. The Morgan fingerprint density at radius 2 is 1.91 bits per heavy atom. The first-order valence-corrected chi connectivity index (χ1v) is 8.79. The molecule has 0 saturated carbocycles. The lowest BCUT2D eigenvalue weighted by molar-refractivity contribution is -0.124. The first-order chi connectivity index (χ1) is 11.2. The lowest BCUT2D eigenvalue weighted by Gasteiger charge is -2.12. The van der Waals surface area contributed by atoms with E-state index in [1.54, 1.807) is 11.8 Å². The molecule has 1 aliphatic rings. The maximum Gasteiger partial charge on any atom is 0.243 e. The zero-order valence-corrected chi connectivity index (χ0v) is 14.4. The van der Waals surface area contributed by atoms with E-state index in [2.05, 4.69) is 30.3 Å². The van der Waals surface area contributed by atoms with Gasteiger partial charge in [0.2, 0.25) is 5.91 Å². The molecule has 2 N–H and O–H groups in total. The normalized spacial score (nSPS) is 15.5. The number of amides is 1. The highest BCUT2D eigenvalue weighted by atomic mass is 32.2. The van der Waals surface area contributed by atoms with Crippen LogP contribution in [0.25, 0.3) is 0 Å². The Morgan fingerprint density at radius 3 is 2.61 bits per heavy atom. The van der Waals surface area contributed by atoms with Crippen molar-refractivity contribution in [3.63, 3.8) is 0 Å². The Kier molecular flexibility index (Phi) is 6.68. The Balaban J connectivity index is 0.000000924. The summed E-state index contributed by atoms with van der Waals surface area (Å²) in [5, 5.41) is 0. The van der Waals surface area contributed by atoms with Crippen LogP contribution in [-0.2, 0) is 16.0 Å². The maximum atomic E-state index is 10.8. The Hall–Kier alpha value is -1.78. The van der Waals surface area contributed by atoms with Gasteiger partial charge in [0.15, 0.2) is 0 Å². The summed E-state index contributed by atoms with van der Waals surface area (Å²) in [5.74, 6) is -0.417. The highest BCUT2D eigenvalue weighted by Crippen LogP contribution is 2.37. The van der Waals surface area contributed by atoms with E-state index < -0.39 is 5.91 Å². The lowest BCUT2D eigenvalue weighted by Crippen LogP contribution is -2.19. The first kappa shape index (κ1) is 17.6. The third-order valence-electron chi connectivity index (χ3n) is 3.54. The van der Waals surface area contributed by atoms with Crippen LogP contribution in [0.15, 0.2) is 58.3 Å². The number of aryl methyl sites for hydroxylation is 1. The number of nitrogens with two attached hydrogens (primary N) is 1. The predicted molar refractivity (Wildman–Crippen MR) is 94.6 cm³/mol. The van der Waals surface area contributed by atoms with Gasteiger partial charge >= 0.3 is 0 Å². The summed E-state index contributed by atoms with van der Waals surface area (Å²) in [4.78, 5) is 13.3. The third-order valence-corrected chi connectivity index (χ3v) is 4.54. The van der Waals surface area contributed by atoms with Crippen molar-refractivity contribution >= 4 is 17.7 Å². The van der Waals surface area contributed by atoms with Crippen LogP contribution in [0, 0.1) is 0 Å². The quantitative estimate of drug-likeness (QED) is 0.887. The second-order valence-corrected chi connectivity index (χ2v) is 6.23. The number of ether oxygens (including phenoxy) is 1. The molecule has 0 saturated heterocycles. The second kappa shape index (κ2) is 8.75. The Morgan fingerprint density at radius 1 is 1.17 bits per heavy atom. The fourth-order valence-electron chi connectivity index (χ4n) is 2.60. The largest absolute Gasteiger partial charge is 0.368 e. The monoisotopic (exact) mass is 329 g/mol. The van der Waals surface area contributed by atoms with Crippen molar-refractivity contribution in [1.82, 2.24) is 0 Å². The van der Waals surface area contributed by atoms with Crippen molar-refractivity contribution in [1.29, 1.82) is 0 Å². The number of primary amides is 1. The average molecular weight is 329 g/mol. The lowest BCUT2D eigenvalue weighted by atomic mass is 10.1. The molecule has 0 bridgehead atoms. The number of carbonyl (C=O) groups excluding carboxylic acids is 1. The van der Waals surface area contributed by atoms with Crippen LogP contribution in [0.1, 0.15) is 37.5 Å².